The molecule has 4 rings (SSSR count). The van der Waals surface area contributed by atoms with Crippen LogP contribution in [0.3, 0.4) is 0 Å². The Kier molecular flexibility index (Phi) is 4.84. The predicted molar refractivity (Wildman–Crippen MR) is 101 cm³/mol. The summed E-state index contributed by atoms with van der Waals surface area (Å²) in [5.74, 6) is -0.476. The lowest BCUT2D eigenvalue weighted by molar-refractivity contribution is -0.147. The maximum Gasteiger partial charge on any atom is 0.230 e. The summed E-state index contributed by atoms with van der Waals surface area (Å²) >= 11 is 1.39. The zero-order valence-electron chi connectivity index (χ0n) is 14.4. The summed E-state index contributed by atoms with van der Waals surface area (Å²) in [6.07, 6.45) is 7.34. The van der Waals surface area contributed by atoms with Gasteiger partial charge >= 0.3 is 0 Å². The molecular formula is C20H21N3O2S. The van der Waals surface area contributed by atoms with Gasteiger partial charge in [0.25, 0.3) is 0 Å². The van der Waals surface area contributed by atoms with E-state index in [1.165, 1.54) is 11.3 Å². The molecule has 6 heteroatoms. The summed E-state index contributed by atoms with van der Waals surface area (Å²) in [5, 5.41) is 5.29. The molecule has 0 bridgehead atoms. The van der Waals surface area contributed by atoms with Gasteiger partial charge in [-0.15, -0.1) is 11.3 Å². The van der Waals surface area contributed by atoms with E-state index in [4.69, 9.17) is 0 Å². The first-order chi connectivity index (χ1) is 12.7. The summed E-state index contributed by atoms with van der Waals surface area (Å²) < 4.78 is 0. The minimum atomic E-state index is -0.333. The fraction of sp³-hybridized carbons (Fsp3) is 0.350. The van der Waals surface area contributed by atoms with Gasteiger partial charge in [0.05, 0.1) is 11.8 Å². The van der Waals surface area contributed by atoms with E-state index in [-0.39, 0.29) is 29.6 Å². The number of carbonyl (C=O) groups is 2. The van der Waals surface area contributed by atoms with E-state index in [1.54, 1.807) is 6.20 Å². The van der Waals surface area contributed by atoms with Crippen LogP contribution in [-0.2, 0) is 16.1 Å². The second-order valence-corrected chi connectivity index (χ2v) is 7.72. The van der Waals surface area contributed by atoms with Crippen molar-refractivity contribution in [2.75, 3.05) is 11.9 Å². The molecule has 1 unspecified atom stereocenters. The number of nitrogens with one attached hydrogen (secondary N) is 1. The Balaban J connectivity index is 1.51. The molecule has 1 aromatic carbocycles. The Labute approximate surface area is 156 Å². The van der Waals surface area contributed by atoms with Crippen molar-refractivity contribution in [3.8, 4) is 0 Å². The SMILES string of the molecule is O=C(Nc1nccs1)C1CC=C[C@@H]2CCN(Cc3ccccc3)C(=O)[C@H]12. The number of hydrogen-bond acceptors (Lipinski definition) is 4. The molecule has 5 nitrogen and oxygen atoms in total. The zero-order chi connectivity index (χ0) is 17.9. The number of thiazole rings is 1. The summed E-state index contributed by atoms with van der Waals surface area (Å²) in [5.41, 5.74) is 1.12. The van der Waals surface area contributed by atoms with Crippen LogP contribution in [0.25, 0.3) is 0 Å². The number of aromatic nitrogens is 1. The highest BCUT2D eigenvalue weighted by molar-refractivity contribution is 7.13. The summed E-state index contributed by atoms with van der Waals surface area (Å²) in [6.45, 7) is 1.34. The highest BCUT2D eigenvalue weighted by Crippen LogP contribution is 2.38. The third-order valence-corrected chi connectivity index (χ3v) is 5.90. The quantitative estimate of drug-likeness (QED) is 0.843. The number of anilines is 1. The van der Waals surface area contributed by atoms with Crippen molar-refractivity contribution in [3.05, 3.63) is 59.6 Å². The van der Waals surface area contributed by atoms with Crippen molar-refractivity contribution in [1.29, 1.82) is 0 Å². The lowest BCUT2D eigenvalue weighted by Crippen LogP contribution is -2.50. The van der Waals surface area contributed by atoms with E-state index in [0.29, 0.717) is 18.1 Å². The van der Waals surface area contributed by atoms with Crippen molar-refractivity contribution in [3.63, 3.8) is 0 Å². The molecular weight excluding hydrogens is 346 g/mol. The molecule has 2 aliphatic rings. The predicted octanol–water partition coefficient (Wildman–Crippen LogP) is 3.32. The monoisotopic (exact) mass is 367 g/mol. The van der Waals surface area contributed by atoms with Crippen LogP contribution < -0.4 is 5.32 Å². The van der Waals surface area contributed by atoms with Crippen molar-refractivity contribution in [2.45, 2.75) is 19.4 Å². The number of carbonyl (C=O) groups excluding carboxylic acids is 2. The average Bonchev–Trinajstić information content (AvgIpc) is 3.17. The largest absolute Gasteiger partial charge is 0.338 e. The van der Waals surface area contributed by atoms with E-state index in [2.05, 4.69) is 16.4 Å². The van der Waals surface area contributed by atoms with E-state index in [1.807, 2.05) is 46.7 Å². The van der Waals surface area contributed by atoms with Gasteiger partial charge < -0.3 is 10.2 Å². The lowest BCUT2D eigenvalue weighted by Gasteiger charge is -2.41. The molecule has 0 radical (unpaired) electrons. The van der Waals surface area contributed by atoms with Crippen molar-refractivity contribution >= 4 is 28.3 Å². The molecule has 0 saturated carbocycles. The topological polar surface area (TPSA) is 62.3 Å². The number of nitrogens with zero attached hydrogens (tertiary/aromatic N) is 2. The molecule has 2 aromatic rings. The third kappa shape index (κ3) is 3.42. The zero-order valence-corrected chi connectivity index (χ0v) is 15.2. The maximum atomic E-state index is 13.2. The fourth-order valence-electron chi connectivity index (χ4n) is 3.94. The van der Waals surface area contributed by atoms with E-state index >= 15 is 0 Å². The molecule has 1 N–H and O–H groups in total. The molecule has 1 saturated heterocycles. The highest BCUT2D eigenvalue weighted by Gasteiger charge is 2.44. The van der Waals surface area contributed by atoms with Crippen LogP contribution in [0.1, 0.15) is 18.4 Å². The van der Waals surface area contributed by atoms with Crippen LogP contribution in [0.5, 0.6) is 0 Å². The molecule has 1 aliphatic heterocycles. The van der Waals surface area contributed by atoms with E-state index in [0.717, 1.165) is 18.5 Å². The molecule has 26 heavy (non-hydrogen) atoms. The van der Waals surface area contributed by atoms with Gasteiger partial charge in [0, 0.05) is 24.7 Å². The second kappa shape index (κ2) is 7.41. The van der Waals surface area contributed by atoms with Crippen LogP contribution in [-0.4, -0.2) is 28.2 Å². The van der Waals surface area contributed by atoms with Crippen LogP contribution in [0, 0.1) is 17.8 Å². The Morgan fingerprint density at radius 2 is 2.15 bits per heavy atom. The molecule has 3 atom stereocenters. The number of amides is 2. The molecule has 1 aliphatic carbocycles. The summed E-state index contributed by atoms with van der Waals surface area (Å²) in [4.78, 5) is 32.0. The fourth-order valence-corrected chi connectivity index (χ4v) is 4.47. The molecule has 2 heterocycles. The average molecular weight is 367 g/mol. The van der Waals surface area contributed by atoms with Crippen molar-refractivity contribution < 1.29 is 9.59 Å². The standard InChI is InChI=1S/C20H21N3O2S/c24-18(22-20-21-10-12-26-20)16-8-4-7-15-9-11-23(19(25)17(15)16)13-14-5-2-1-3-6-14/h1-7,10,12,15-17H,8-9,11,13H2,(H,21,22,24)/t15-,16?,17+/m1/s1. The van der Waals surface area contributed by atoms with Crippen molar-refractivity contribution in [2.24, 2.45) is 17.8 Å². The van der Waals surface area contributed by atoms with Crippen LogP contribution in [0.15, 0.2) is 54.1 Å². The van der Waals surface area contributed by atoms with Gasteiger partial charge in [-0.25, -0.2) is 4.98 Å². The minimum Gasteiger partial charge on any atom is -0.338 e. The number of allylic oxidation sites excluding steroid dienone is 2. The molecule has 2 amide bonds. The number of benzene rings is 1. The Morgan fingerprint density at radius 1 is 1.31 bits per heavy atom. The Morgan fingerprint density at radius 3 is 2.92 bits per heavy atom. The third-order valence-electron chi connectivity index (χ3n) is 5.21. The van der Waals surface area contributed by atoms with Gasteiger partial charge in [0.2, 0.25) is 11.8 Å². The lowest BCUT2D eigenvalue weighted by atomic mass is 9.71. The van der Waals surface area contributed by atoms with Crippen molar-refractivity contribution in [1.82, 2.24) is 9.88 Å². The van der Waals surface area contributed by atoms with Gasteiger partial charge in [-0.3, -0.25) is 9.59 Å². The Bertz CT molecular complexity index is 804. The number of likely N-dealkylation sites (tertiary alicyclic amines) is 1. The number of rotatable bonds is 4. The summed E-state index contributed by atoms with van der Waals surface area (Å²) in [7, 11) is 0. The number of hydrogen-bond donors (Lipinski definition) is 1. The van der Waals surface area contributed by atoms with E-state index in [9.17, 15) is 9.59 Å². The van der Waals surface area contributed by atoms with Gasteiger partial charge in [-0.05, 0) is 24.3 Å². The van der Waals surface area contributed by atoms with Gasteiger partial charge in [0.1, 0.15) is 0 Å². The smallest absolute Gasteiger partial charge is 0.230 e. The Hall–Kier alpha value is -2.47. The first-order valence-electron chi connectivity index (χ1n) is 8.92. The molecule has 0 spiro atoms. The normalized spacial score (nSPS) is 25.0. The van der Waals surface area contributed by atoms with Crippen LogP contribution in [0.2, 0.25) is 0 Å². The molecule has 1 aromatic heterocycles. The first kappa shape index (κ1) is 17.0. The number of fused-ring (bicyclic) bond motifs is 1. The highest BCUT2D eigenvalue weighted by atomic mass is 32.1. The number of piperidine rings is 1. The van der Waals surface area contributed by atoms with Gasteiger partial charge in [-0.2, -0.15) is 0 Å². The van der Waals surface area contributed by atoms with E-state index < -0.39 is 0 Å². The van der Waals surface area contributed by atoms with Gasteiger partial charge in [-0.1, -0.05) is 42.5 Å². The van der Waals surface area contributed by atoms with Gasteiger partial charge in [0.15, 0.2) is 5.13 Å². The first-order valence-corrected chi connectivity index (χ1v) is 9.80. The van der Waals surface area contributed by atoms with Crippen LogP contribution in [0.4, 0.5) is 5.13 Å². The van der Waals surface area contributed by atoms with Crippen LogP contribution >= 0.6 is 11.3 Å². The molecule has 1 fully saturated rings. The summed E-state index contributed by atoms with van der Waals surface area (Å²) in [6, 6.07) is 10.0. The second-order valence-electron chi connectivity index (χ2n) is 6.82. The molecule has 134 valence electrons. The minimum absolute atomic E-state index is 0.0914. The maximum absolute atomic E-state index is 13.2.